The molecule has 0 spiro atoms. The number of pyridine rings is 1. The fourth-order valence-electron chi connectivity index (χ4n) is 5.71. The molecule has 1 aromatic heterocycles. The van der Waals surface area contributed by atoms with Crippen molar-refractivity contribution in [3.05, 3.63) is 58.9 Å². The van der Waals surface area contributed by atoms with Crippen molar-refractivity contribution < 1.29 is 0 Å². The Hall–Kier alpha value is -2.62. The number of anilines is 2. The molecule has 0 saturated heterocycles. The van der Waals surface area contributed by atoms with Gasteiger partial charge in [0, 0.05) is 36.0 Å². The van der Waals surface area contributed by atoms with Crippen molar-refractivity contribution in [3.8, 4) is 0 Å². The van der Waals surface area contributed by atoms with Crippen LogP contribution in [0.5, 0.6) is 0 Å². The van der Waals surface area contributed by atoms with E-state index in [1.165, 1.54) is 48.9 Å². The van der Waals surface area contributed by atoms with Crippen molar-refractivity contribution in [1.29, 1.82) is 5.41 Å². The summed E-state index contributed by atoms with van der Waals surface area (Å²) in [6.45, 7) is 10.3. The summed E-state index contributed by atoms with van der Waals surface area (Å²) in [6, 6.07) is 10.9. The molecule has 4 rings (SSSR count). The molecule has 1 fully saturated rings. The molecule has 0 bridgehead atoms. The Kier molecular flexibility index (Phi) is 6.17. The van der Waals surface area contributed by atoms with Gasteiger partial charge in [-0.3, -0.25) is 4.98 Å². The summed E-state index contributed by atoms with van der Waals surface area (Å²) in [6.07, 6.45) is 8.32. The number of nitrogens with one attached hydrogen (secondary N) is 3. The molecule has 1 saturated carbocycles. The van der Waals surface area contributed by atoms with E-state index in [9.17, 15) is 0 Å². The summed E-state index contributed by atoms with van der Waals surface area (Å²) in [5, 5.41) is 15.8. The lowest BCUT2D eigenvalue weighted by molar-refractivity contribution is 0.250. The zero-order chi connectivity index (χ0) is 22.0. The first kappa shape index (κ1) is 21.6. The second-order valence-electron chi connectivity index (χ2n) is 9.55. The van der Waals surface area contributed by atoms with E-state index in [1.807, 2.05) is 19.2 Å². The van der Waals surface area contributed by atoms with E-state index in [0.29, 0.717) is 11.6 Å². The fraction of sp³-hybridized carbons (Fsp3) is 0.481. The van der Waals surface area contributed by atoms with Gasteiger partial charge in [-0.1, -0.05) is 30.9 Å². The van der Waals surface area contributed by atoms with Gasteiger partial charge >= 0.3 is 0 Å². The highest BCUT2D eigenvalue weighted by Crippen LogP contribution is 2.50. The highest BCUT2D eigenvalue weighted by atomic mass is 15.0. The Morgan fingerprint density at radius 3 is 2.42 bits per heavy atom. The Balaban J connectivity index is 1.99. The zero-order valence-electron chi connectivity index (χ0n) is 19.4. The maximum Gasteiger partial charge on any atom is 0.0619 e. The lowest BCUT2D eigenvalue weighted by atomic mass is 9.63. The van der Waals surface area contributed by atoms with E-state index in [4.69, 9.17) is 10.4 Å². The van der Waals surface area contributed by atoms with Crippen LogP contribution in [-0.4, -0.2) is 23.8 Å². The van der Waals surface area contributed by atoms with E-state index in [2.05, 4.69) is 55.7 Å². The summed E-state index contributed by atoms with van der Waals surface area (Å²) in [5.74, 6) is 0.551. The Morgan fingerprint density at radius 1 is 1.03 bits per heavy atom. The van der Waals surface area contributed by atoms with Crippen LogP contribution in [-0.2, 0) is 5.41 Å². The smallest absolute Gasteiger partial charge is 0.0619 e. The minimum absolute atomic E-state index is 0.184. The summed E-state index contributed by atoms with van der Waals surface area (Å²) >= 11 is 0. The molecular weight excluding hydrogens is 380 g/mol. The Bertz CT molecular complexity index is 982. The molecular formula is C27H36N4. The summed E-state index contributed by atoms with van der Waals surface area (Å²) in [4.78, 5) is 4.89. The minimum Gasteiger partial charge on any atom is -0.382 e. The molecule has 1 aliphatic carbocycles. The lowest BCUT2D eigenvalue weighted by Gasteiger charge is -2.42. The Morgan fingerprint density at radius 2 is 1.77 bits per heavy atom. The normalized spacial score (nSPS) is 18.2. The molecule has 1 atom stereocenters. The van der Waals surface area contributed by atoms with E-state index in [-0.39, 0.29) is 5.41 Å². The molecule has 0 amide bonds. The number of fused-ring (bicyclic) bond motifs is 1. The van der Waals surface area contributed by atoms with Gasteiger partial charge in [0.25, 0.3) is 0 Å². The first-order valence-corrected chi connectivity index (χ1v) is 11.7. The zero-order valence-corrected chi connectivity index (χ0v) is 19.4. The second kappa shape index (κ2) is 8.86. The van der Waals surface area contributed by atoms with Crippen LogP contribution in [0.25, 0.3) is 5.57 Å². The van der Waals surface area contributed by atoms with Crippen molar-refractivity contribution in [2.24, 2.45) is 5.92 Å². The predicted octanol–water partition coefficient (Wildman–Crippen LogP) is 6.64. The monoisotopic (exact) mass is 416 g/mol. The first-order valence-electron chi connectivity index (χ1n) is 11.7. The van der Waals surface area contributed by atoms with E-state index in [0.717, 1.165) is 35.6 Å². The quantitative estimate of drug-likeness (QED) is 0.479. The number of rotatable bonds is 5. The van der Waals surface area contributed by atoms with Gasteiger partial charge in [0.1, 0.15) is 0 Å². The average molecular weight is 417 g/mol. The van der Waals surface area contributed by atoms with Crippen LogP contribution in [0.2, 0.25) is 0 Å². The third-order valence-corrected chi connectivity index (χ3v) is 7.22. The summed E-state index contributed by atoms with van der Waals surface area (Å²) in [5.41, 5.74) is 8.62. The van der Waals surface area contributed by atoms with E-state index >= 15 is 0 Å². The van der Waals surface area contributed by atoms with Gasteiger partial charge < -0.3 is 16.0 Å². The van der Waals surface area contributed by atoms with Gasteiger partial charge in [-0.2, -0.15) is 0 Å². The molecule has 4 heteroatoms. The second-order valence-corrected chi connectivity index (χ2v) is 9.55. The fourth-order valence-corrected chi connectivity index (χ4v) is 5.71. The number of allylic oxidation sites excluding steroid dienone is 2. The van der Waals surface area contributed by atoms with Gasteiger partial charge in [-0.15, -0.1) is 0 Å². The van der Waals surface area contributed by atoms with Crippen LogP contribution in [0.4, 0.5) is 11.4 Å². The first-order chi connectivity index (χ1) is 14.9. The molecule has 2 aliphatic rings. The largest absolute Gasteiger partial charge is 0.382 e. The van der Waals surface area contributed by atoms with Crippen LogP contribution >= 0.6 is 0 Å². The number of nitrogens with zero attached hydrogens (tertiary/aromatic N) is 1. The number of hydrogen-bond acceptors (Lipinski definition) is 4. The Labute approximate surface area is 187 Å². The van der Waals surface area contributed by atoms with Crippen molar-refractivity contribution in [2.75, 3.05) is 23.7 Å². The number of hydrogen-bond donors (Lipinski definition) is 3. The topological polar surface area (TPSA) is 60.8 Å². The van der Waals surface area contributed by atoms with Crippen LogP contribution < -0.4 is 10.6 Å². The van der Waals surface area contributed by atoms with Crippen molar-refractivity contribution in [3.63, 3.8) is 0 Å². The lowest BCUT2D eigenvalue weighted by Crippen LogP contribution is -2.37. The molecule has 1 aliphatic heterocycles. The van der Waals surface area contributed by atoms with Crippen molar-refractivity contribution >= 4 is 22.7 Å². The average Bonchev–Trinajstić information content (AvgIpc) is 2.78. The summed E-state index contributed by atoms with van der Waals surface area (Å²) in [7, 11) is 0. The standard InChI is InChI=1S/C27H36N4/c1-18(2)25(19(3)28)20-16-22(26-23(17-20)29-14-15-31-26)27(4,21-10-6-5-7-11-21)24-12-8-9-13-30-24/h8-9,12-13,16-17,21,28-29,31H,5-7,10-11,14-15H2,1-4H3. The third-order valence-electron chi connectivity index (χ3n) is 7.22. The van der Waals surface area contributed by atoms with Crippen molar-refractivity contribution in [1.82, 2.24) is 4.98 Å². The number of aromatic nitrogens is 1. The van der Waals surface area contributed by atoms with Crippen LogP contribution in [0.1, 0.15) is 76.6 Å². The third kappa shape index (κ3) is 4.00. The SMILES string of the molecule is CC(=N)C(=C(C)C)c1cc2c(c(C(C)(c3ccccn3)C3CCCCC3)c1)NCCN2. The van der Waals surface area contributed by atoms with E-state index in [1.54, 1.807) is 0 Å². The summed E-state index contributed by atoms with van der Waals surface area (Å²) < 4.78 is 0. The van der Waals surface area contributed by atoms with Crippen LogP contribution in [0, 0.1) is 11.3 Å². The maximum atomic E-state index is 8.44. The molecule has 1 unspecified atom stereocenters. The molecule has 2 heterocycles. The molecule has 4 nitrogen and oxygen atoms in total. The van der Waals surface area contributed by atoms with E-state index < -0.39 is 0 Å². The van der Waals surface area contributed by atoms with Crippen molar-refractivity contribution in [2.45, 2.75) is 65.2 Å². The van der Waals surface area contributed by atoms with Gasteiger partial charge in [0.05, 0.1) is 17.1 Å². The van der Waals surface area contributed by atoms with Crippen LogP contribution in [0.15, 0.2) is 42.1 Å². The molecule has 0 radical (unpaired) electrons. The van der Waals surface area contributed by atoms with Gasteiger partial charge in [0.2, 0.25) is 0 Å². The minimum atomic E-state index is -0.184. The molecule has 2 aromatic rings. The molecule has 3 N–H and O–H groups in total. The van der Waals surface area contributed by atoms with Gasteiger partial charge in [-0.25, -0.2) is 0 Å². The molecule has 164 valence electrons. The number of benzene rings is 1. The maximum absolute atomic E-state index is 8.44. The highest BCUT2D eigenvalue weighted by Gasteiger charge is 2.42. The van der Waals surface area contributed by atoms with Gasteiger partial charge in [-0.05, 0) is 81.8 Å². The van der Waals surface area contributed by atoms with Crippen LogP contribution in [0.3, 0.4) is 0 Å². The predicted molar refractivity (Wildman–Crippen MR) is 132 cm³/mol. The van der Waals surface area contributed by atoms with Gasteiger partial charge in [0.15, 0.2) is 0 Å². The molecule has 31 heavy (non-hydrogen) atoms. The molecule has 1 aromatic carbocycles. The highest BCUT2D eigenvalue weighted by molar-refractivity contribution is 6.22.